The number of hydrogen-bond donors (Lipinski definition) is 0. The molecule has 0 aromatic carbocycles. The summed E-state index contributed by atoms with van der Waals surface area (Å²) in [5.41, 5.74) is 0. The van der Waals surface area contributed by atoms with Crippen molar-refractivity contribution < 1.29 is 9.59 Å². The Bertz CT molecular complexity index is 309. The molecule has 0 atom stereocenters. The Morgan fingerprint density at radius 1 is 1.16 bits per heavy atom. The molecule has 0 bridgehead atoms. The van der Waals surface area contributed by atoms with Crippen LogP contribution in [0, 0.1) is 11.8 Å². The second-order valence-corrected chi connectivity index (χ2v) is 6.22. The number of rotatable bonds is 4. The van der Waals surface area contributed by atoms with Gasteiger partial charge in [-0.25, -0.2) is 0 Å². The third kappa shape index (κ3) is 4.05. The van der Waals surface area contributed by atoms with Crippen molar-refractivity contribution >= 4 is 11.7 Å². The van der Waals surface area contributed by atoms with Gasteiger partial charge in [-0.05, 0) is 31.6 Å². The number of Topliss-reactive ketones (excluding diaryl/α,β-unsaturated/α-hetero) is 1. The molecular weight excluding hydrogens is 238 g/mol. The minimum atomic E-state index is 0.242. The van der Waals surface area contributed by atoms with Crippen LogP contribution in [0.2, 0.25) is 0 Å². The molecule has 0 unspecified atom stereocenters. The SMILES string of the molecule is CCCCC1CCC(C(=O)N2CCC(=O)CC2)CC1. The number of amides is 1. The molecule has 2 aliphatic rings. The minimum Gasteiger partial charge on any atom is -0.342 e. The molecule has 108 valence electrons. The number of carbonyl (C=O) groups excluding carboxylic acids is 2. The highest BCUT2D eigenvalue weighted by Gasteiger charge is 2.30. The van der Waals surface area contributed by atoms with E-state index in [4.69, 9.17) is 0 Å². The molecule has 3 nitrogen and oxygen atoms in total. The second-order valence-electron chi connectivity index (χ2n) is 6.22. The van der Waals surface area contributed by atoms with Crippen molar-refractivity contribution in [1.82, 2.24) is 4.90 Å². The first-order chi connectivity index (χ1) is 9.20. The predicted molar refractivity (Wildman–Crippen MR) is 75.8 cm³/mol. The number of nitrogens with zero attached hydrogens (tertiary/aromatic N) is 1. The molecule has 2 rings (SSSR count). The van der Waals surface area contributed by atoms with E-state index in [1.165, 1.54) is 32.1 Å². The molecule has 2 fully saturated rings. The van der Waals surface area contributed by atoms with E-state index in [0.717, 1.165) is 18.8 Å². The Hall–Kier alpha value is -0.860. The van der Waals surface area contributed by atoms with E-state index >= 15 is 0 Å². The average Bonchev–Trinajstić information content (AvgIpc) is 2.46. The summed E-state index contributed by atoms with van der Waals surface area (Å²) in [5.74, 6) is 1.73. The van der Waals surface area contributed by atoms with Crippen molar-refractivity contribution in [3.05, 3.63) is 0 Å². The highest BCUT2D eigenvalue weighted by atomic mass is 16.2. The Morgan fingerprint density at radius 2 is 1.79 bits per heavy atom. The van der Waals surface area contributed by atoms with Gasteiger partial charge in [-0.2, -0.15) is 0 Å². The summed E-state index contributed by atoms with van der Waals surface area (Å²) in [6.45, 7) is 3.56. The lowest BCUT2D eigenvalue weighted by Gasteiger charge is -2.33. The highest BCUT2D eigenvalue weighted by molar-refractivity contribution is 5.84. The van der Waals surface area contributed by atoms with Crippen LogP contribution in [0.5, 0.6) is 0 Å². The summed E-state index contributed by atoms with van der Waals surface area (Å²) in [4.78, 5) is 25.5. The van der Waals surface area contributed by atoms with Gasteiger partial charge in [0.05, 0.1) is 0 Å². The largest absolute Gasteiger partial charge is 0.342 e. The van der Waals surface area contributed by atoms with Crippen LogP contribution in [0.3, 0.4) is 0 Å². The van der Waals surface area contributed by atoms with Gasteiger partial charge in [0.1, 0.15) is 5.78 Å². The normalized spacial score (nSPS) is 28.5. The predicted octanol–water partition coefficient (Wildman–Crippen LogP) is 3.17. The van der Waals surface area contributed by atoms with Crippen molar-refractivity contribution in [2.45, 2.75) is 64.7 Å². The zero-order valence-electron chi connectivity index (χ0n) is 12.2. The van der Waals surface area contributed by atoms with Crippen LogP contribution in [0.25, 0.3) is 0 Å². The Kier molecular flexibility index (Phi) is 5.41. The van der Waals surface area contributed by atoms with Crippen molar-refractivity contribution in [1.29, 1.82) is 0 Å². The van der Waals surface area contributed by atoms with E-state index in [9.17, 15) is 9.59 Å². The topological polar surface area (TPSA) is 37.4 Å². The first kappa shape index (κ1) is 14.5. The van der Waals surface area contributed by atoms with Crippen molar-refractivity contribution in [3.8, 4) is 0 Å². The first-order valence-corrected chi connectivity index (χ1v) is 8.01. The zero-order chi connectivity index (χ0) is 13.7. The summed E-state index contributed by atoms with van der Waals surface area (Å²) in [7, 11) is 0. The summed E-state index contributed by atoms with van der Waals surface area (Å²) in [5, 5.41) is 0. The zero-order valence-corrected chi connectivity index (χ0v) is 12.2. The standard InChI is InChI=1S/C16H27NO2/c1-2-3-4-13-5-7-14(8-6-13)16(19)17-11-9-15(18)10-12-17/h13-14H,2-12H2,1H3. The van der Waals surface area contributed by atoms with Crippen LogP contribution in [0.15, 0.2) is 0 Å². The molecule has 0 aromatic heterocycles. The van der Waals surface area contributed by atoms with Crippen molar-refractivity contribution in [2.24, 2.45) is 11.8 Å². The maximum atomic E-state index is 12.4. The van der Waals surface area contributed by atoms with E-state index in [0.29, 0.717) is 37.6 Å². The fourth-order valence-electron chi connectivity index (χ4n) is 3.43. The number of piperidine rings is 1. The quantitative estimate of drug-likeness (QED) is 0.783. The Morgan fingerprint density at radius 3 is 2.37 bits per heavy atom. The molecule has 1 aliphatic heterocycles. The van der Waals surface area contributed by atoms with Gasteiger partial charge >= 0.3 is 0 Å². The lowest BCUT2D eigenvalue weighted by molar-refractivity contribution is -0.139. The van der Waals surface area contributed by atoms with Crippen LogP contribution in [0.1, 0.15) is 64.7 Å². The summed E-state index contributed by atoms with van der Waals surface area (Å²) in [6, 6.07) is 0. The fourth-order valence-corrected chi connectivity index (χ4v) is 3.43. The molecule has 1 saturated heterocycles. The number of hydrogen-bond acceptors (Lipinski definition) is 2. The summed E-state index contributed by atoms with van der Waals surface area (Å²) < 4.78 is 0. The Balaban J connectivity index is 1.74. The Labute approximate surface area is 116 Å². The van der Waals surface area contributed by atoms with Crippen molar-refractivity contribution in [2.75, 3.05) is 13.1 Å². The molecule has 0 aromatic rings. The minimum absolute atomic E-state index is 0.242. The fraction of sp³-hybridized carbons (Fsp3) is 0.875. The van der Waals surface area contributed by atoms with Crippen LogP contribution in [-0.2, 0) is 9.59 Å². The van der Waals surface area contributed by atoms with Crippen molar-refractivity contribution in [3.63, 3.8) is 0 Å². The maximum absolute atomic E-state index is 12.4. The summed E-state index contributed by atoms with van der Waals surface area (Å²) in [6.07, 6.45) is 9.67. The van der Waals surface area contributed by atoms with Gasteiger partial charge in [-0.1, -0.05) is 26.2 Å². The number of unbranched alkanes of at least 4 members (excludes halogenated alkanes) is 1. The van der Waals surface area contributed by atoms with Gasteiger partial charge in [0.25, 0.3) is 0 Å². The number of likely N-dealkylation sites (tertiary alicyclic amines) is 1. The molecule has 0 N–H and O–H groups in total. The van der Waals surface area contributed by atoms with Gasteiger partial charge in [0.2, 0.25) is 5.91 Å². The second kappa shape index (κ2) is 7.06. The van der Waals surface area contributed by atoms with Gasteiger partial charge in [0, 0.05) is 31.8 Å². The molecule has 1 amide bonds. The smallest absolute Gasteiger partial charge is 0.225 e. The molecule has 3 heteroatoms. The van der Waals surface area contributed by atoms with Crippen LogP contribution < -0.4 is 0 Å². The molecule has 0 spiro atoms. The van der Waals surface area contributed by atoms with E-state index < -0.39 is 0 Å². The molecule has 1 aliphatic carbocycles. The lowest BCUT2D eigenvalue weighted by atomic mass is 9.79. The van der Waals surface area contributed by atoms with Gasteiger partial charge in [-0.3, -0.25) is 9.59 Å². The number of carbonyl (C=O) groups is 2. The highest BCUT2D eigenvalue weighted by Crippen LogP contribution is 2.33. The van der Waals surface area contributed by atoms with Gasteiger partial charge in [-0.15, -0.1) is 0 Å². The number of ketones is 1. The lowest BCUT2D eigenvalue weighted by Crippen LogP contribution is -2.42. The van der Waals surface area contributed by atoms with Gasteiger partial charge < -0.3 is 4.90 Å². The van der Waals surface area contributed by atoms with E-state index in [1.54, 1.807) is 0 Å². The third-order valence-electron chi connectivity index (χ3n) is 4.79. The van der Waals surface area contributed by atoms with E-state index in [-0.39, 0.29) is 5.92 Å². The monoisotopic (exact) mass is 265 g/mol. The van der Waals surface area contributed by atoms with Crippen LogP contribution >= 0.6 is 0 Å². The molecular formula is C16H27NO2. The average molecular weight is 265 g/mol. The van der Waals surface area contributed by atoms with E-state index in [2.05, 4.69) is 6.92 Å². The van der Waals surface area contributed by atoms with Crippen LogP contribution in [0.4, 0.5) is 0 Å². The molecule has 19 heavy (non-hydrogen) atoms. The maximum Gasteiger partial charge on any atom is 0.225 e. The van der Waals surface area contributed by atoms with E-state index in [1.807, 2.05) is 4.90 Å². The molecule has 1 saturated carbocycles. The van der Waals surface area contributed by atoms with Crippen LogP contribution in [-0.4, -0.2) is 29.7 Å². The third-order valence-corrected chi connectivity index (χ3v) is 4.79. The van der Waals surface area contributed by atoms with Gasteiger partial charge in [0.15, 0.2) is 0 Å². The summed E-state index contributed by atoms with van der Waals surface area (Å²) >= 11 is 0. The first-order valence-electron chi connectivity index (χ1n) is 8.01. The molecule has 1 heterocycles. The molecule has 0 radical (unpaired) electrons.